The first kappa shape index (κ1) is 14.9. The van der Waals surface area contributed by atoms with Crippen LogP contribution in [0.25, 0.3) is 0 Å². The normalized spacial score (nSPS) is 9.90. The van der Waals surface area contributed by atoms with Crippen molar-refractivity contribution in [2.45, 2.75) is 0 Å². The number of benzene rings is 1. The van der Waals surface area contributed by atoms with Crippen LogP contribution in [0, 0.1) is 0 Å². The molecular weight excluding hydrogens is 362 g/mol. The molecule has 1 aromatic carbocycles. The second-order valence-electron chi connectivity index (χ2n) is 3.75. The van der Waals surface area contributed by atoms with Gasteiger partial charge in [0.25, 0.3) is 5.91 Å². The van der Waals surface area contributed by atoms with Gasteiger partial charge in [-0.2, -0.15) is 0 Å². The number of rotatable bonds is 2. The standard InChI is InChI=1S/C13H9BrClN3OS/c14-10-4-2-1-3-9(10)12(19)18-13(20)17-11-6-5-8(15)7-16-11/h1-7H,(H2,16,17,18,19,20). The number of hydrogen-bond donors (Lipinski definition) is 2. The van der Waals surface area contributed by atoms with Gasteiger partial charge in [-0.3, -0.25) is 10.1 Å². The minimum atomic E-state index is -0.302. The van der Waals surface area contributed by atoms with E-state index in [1.165, 1.54) is 6.20 Å². The topological polar surface area (TPSA) is 54.0 Å². The van der Waals surface area contributed by atoms with Gasteiger partial charge in [0.05, 0.1) is 10.6 Å². The summed E-state index contributed by atoms with van der Waals surface area (Å²) in [6.45, 7) is 0. The lowest BCUT2D eigenvalue weighted by molar-refractivity contribution is 0.0977. The highest BCUT2D eigenvalue weighted by Gasteiger charge is 2.10. The van der Waals surface area contributed by atoms with Crippen LogP contribution in [0.2, 0.25) is 5.02 Å². The van der Waals surface area contributed by atoms with Gasteiger partial charge in [-0.25, -0.2) is 4.98 Å². The van der Waals surface area contributed by atoms with Gasteiger partial charge in [0, 0.05) is 10.7 Å². The SMILES string of the molecule is O=C(NC(=S)Nc1ccc(Cl)cn1)c1ccccc1Br. The Morgan fingerprint density at radius 1 is 1.25 bits per heavy atom. The fourth-order valence-electron chi connectivity index (χ4n) is 1.41. The number of nitrogens with one attached hydrogen (secondary N) is 2. The van der Waals surface area contributed by atoms with Crippen LogP contribution in [0.1, 0.15) is 10.4 Å². The zero-order chi connectivity index (χ0) is 14.5. The fourth-order valence-corrected chi connectivity index (χ4v) is 2.19. The molecule has 1 aromatic heterocycles. The molecule has 0 aliphatic heterocycles. The summed E-state index contributed by atoms with van der Waals surface area (Å²) < 4.78 is 0.699. The van der Waals surface area contributed by atoms with Crippen molar-refractivity contribution in [3.05, 3.63) is 57.7 Å². The Bertz CT molecular complexity index is 648. The quantitative estimate of drug-likeness (QED) is 0.793. The summed E-state index contributed by atoms with van der Waals surface area (Å²) in [6, 6.07) is 10.4. The summed E-state index contributed by atoms with van der Waals surface area (Å²) in [5, 5.41) is 6.08. The number of aromatic nitrogens is 1. The Kier molecular flexibility index (Phi) is 5.05. The van der Waals surface area contributed by atoms with E-state index < -0.39 is 0 Å². The van der Waals surface area contributed by atoms with E-state index in [-0.39, 0.29) is 11.0 Å². The Hall–Kier alpha value is -1.50. The molecule has 4 nitrogen and oxygen atoms in total. The summed E-state index contributed by atoms with van der Waals surface area (Å²) in [4.78, 5) is 16.0. The van der Waals surface area contributed by atoms with Crippen LogP contribution in [-0.4, -0.2) is 16.0 Å². The van der Waals surface area contributed by atoms with Gasteiger partial charge < -0.3 is 5.32 Å². The summed E-state index contributed by atoms with van der Waals surface area (Å²) in [5.74, 6) is 0.204. The molecule has 0 saturated carbocycles. The molecule has 7 heteroatoms. The molecule has 2 rings (SSSR count). The molecule has 0 unspecified atom stereocenters. The van der Waals surface area contributed by atoms with Crippen molar-refractivity contribution in [3.63, 3.8) is 0 Å². The van der Waals surface area contributed by atoms with Crippen molar-refractivity contribution >= 4 is 56.6 Å². The Morgan fingerprint density at radius 3 is 2.65 bits per heavy atom. The third-order valence-electron chi connectivity index (χ3n) is 2.31. The summed E-state index contributed by atoms with van der Waals surface area (Å²) in [5.41, 5.74) is 0.501. The molecule has 20 heavy (non-hydrogen) atoms. The maximum absolute atomic E-state index is 12.0. The number of carbonyl (C=O) groups excluding carboxylic acids is 1. The molecule has 0 saturated heterocycles. The number of hydrogen-bond acceptors (Lipinski definition) is 3. The lowest BCUT2D eigenvalue weighted by Crippen LogP contribution is -2.34. The van der Waals surface area contributed by atoms with Gasteiger partial charge in [0.2, 0.25) is 0 Å². The number of halogens is 2. The molecule has 0 atom stereocenters. The van der Waals surface area contributed by atoms with E-state index in [1.807, 2.05) is 6.07 Å². The average molecular weight is 371 g/mol. The first-order valence-electron chi connectivity index (χ1n) is 5.54. The number of pyridine rings is 1. The molecular formula is C13H9BrClN3OS. The number of carbonyl (C=O) groups is 1. The van der Waals surface area contributed by atoms with Crippen molar-refractivity contribution < 1.29 is 4.79 Å². The van der Waals surface area contributed by atoms with Crippen molar-refractivity contribution in [2.75, 3.05) is 5.32 Å². The zero-order valence-corrected chi connectivity index (χ0v) is 13.2. The number of anilines is 1. The predicted molar refractivity (Wildman–Crippen MR) is 87.1 cm³/mol. The predicted octanol–water partition coefficient (Wildman–Crippen LogP) is 3.62. The highest BCUT2D eigenvalue weighted by atomic mass is 79.9. The van der Waals surface area contributed by atoms with Crippen LogP contribution < -0.4 is 10.6 Å². The highest BCUT2D eigenvalue weighted by molar-refractivity contribution is 9.10. The summed E-state index contributed by atoms with van der Waals surface area (Å²) in [6.07, 6.45) is 1.49. The largest absolute Gasteiger partial charge is 0.317 e. The van der Waals surface area contributed by atoms with Gasteiger partial charge in [-0.05, 0) is 52.4 Å². The van der Waals surface area contributed by atoms with Gasteiger partial charge in [0.15, 0.2) is 5.11 Å². The molecule has 0 spiro atoms. The molecule has 2 aromatic rings. The van der Waals surface area contributed by atoms with Crippen LogP contribution in [0.4, 0.5) is 5.82 Å². The zero-order valence-electron chi connectivity index (χ0n) is 10.1. The van der Waals surface area contributed by atoms with Crippen LogP contribution >= 0.6 is 39.7 Å². The molecule has 2 N–H and O–H groups in total. The highest BCUT2D eigenvalue weighted by Crippen LogP contribution is 2.15. The van der Waals surface area contributed by atoms with E-state index in [1.54, 1.807) is 30.3 Å². The Labute approximate surface area is 134 Å². The van der Waals surface area contributed by atoms with Crippen LogP contribution in [0.15, 0.2) is 47.1 Å². The van der Waals surface area contributed by atoms with Crippen LogP contribution in [0.3, 0.4) is 0 Å². The summed E-state index contributed by atoms with van der Waals surface area (Å²) >= 11 is 14.1. The Morgan fingerprint density at radius 2 is 2.00 bits per heavy atom. The number of amides is 1. The van der Waals surface area contributed by atoms with E-state index >= 15 is 0 Å². The first-order valence-corrected chi connectivity index (χ1v) is 7.12. The van der Waals surface area contributed by atoms with Crippen molar-refractivity contribution in [1.29, 1.82) is 0 Å². The lowest BCUT2D eigenvalue weighted by Gasteiger charge is -2.09. The molecule has 1 amide bonds. The van der Waals surface area contributed by atoms with Crippen molar-refractivity contribution in [2.24, 2.45) is 0 Å². The third kappa shape index (κ3) is 4.00. The number of thiocarbonyl (C=S) groups is 1. The smallest absolute Gasteiger partial charge is 0.258 e. The molecule has 0 aliphatic carbocycles. The molecule has 0 bridgehead atoms. The van der Waals surface area contributed by atoms with Gasteiger partial charge in [-0.15, -0.1) is 0 Å². The molecule has 102 valence electrons. The van der Waals surface area contributed by atoms with E-state index in [0.29, 0.717) is 20.9 Å². The fraction of sp³-hybridized carbons (Fsp3) is 0. The van der Waals surface area contributed by atoms with Crippen LogP contribution in [0.5, 0.6) is 0 Å². The van der Waals surface area contributed by atoms with Crippen molar-refractivity contribution in [1.82, 2.24) is 10.3 Å². The van der Waals surface area contributed by atoms with E-state index in [2.05, 4.69) is 31.5 Å². The van der Waals surface area contributed by atoms with Crippen LogP contribution in [-0.2, 0) is 0 Å². The number of nitrogens with zero attached hydrogens (tertiary/aromatic N) is 1. The second-order valence-corrected chi connectivity index (χ2v) is 5.45. The maximum atomic E-state index is 12.0. The monoisotopic (exact) mass is 369 g/mol. The average Bonchev–Trinajstić information content (AvgIpc) is 2.41. The second kappa shape index (κ2) is 6.78. The van der Waals surface area contributed by atoms with E-state index in [0.717, 1.165) is 0 Å². The molecule has 0 aliphatic rings. The minimum absolute atomic E-state index is 0.167. The Balaban J connectivity index is 2.00. The first-order chi connectivity index (χ1) is 9.56. The molecule has 1 heterocycles. The molecule has 0 fully saturated rings. The third-order valence-corrected chi connectivity index (χ3v) is 3.43. The van der Waals surface area contributed by atoms with E-state index in [9.17, 15) is 4.79 Å². The minimum Gasteiger partial charge on any atom is -0.317 e. The molecule has 0 radical (unpaired) electrons. The maximum Gasteiger partial charge on any atom is 0.258 e. The van der Waals surface area contributed by atoms with Gasteiger partial charge in [0.1, 0.15) is 5.82 Å². The van der Waals surface area contributed by atoms with Gasteiger partial charge in [-0.1, -0.05) is 23.7 Å². The lowest BCUT2D eigenvalue weighted by atomic mass is 10.2. The van der Waals surface area contributed by atoms with Crippen molar-refractivity contribution in [3.8, 4) is 0 Å². The summed E-state index contributed by atoms with van der Waals surface area (Å²) in [7, 11) is 0. The van der Waals surface area contributed by atoms with E-state index in [4.69, 9.17) is 23.8 Å². The van der Waals surface area contributed by atoms with Gasteiger partial charge >= 0.3 is 0 Å².